The molecule has 0 aromatic heterocycles. The van der Waals surface area contributed by atoms with E-state index in [0.29, 0.717) is 17.2 Å². The summed E-state index contributed by atoms with van der Waals surface area (Å²) in [5.41, 5.74) is 0.721. The zero-order valence-corrected chi connectivity index (χ0v) is 18.3. The lowest BCUT2D eigenvalue weighted by atomic mass is 9.87. The topological polar surface area (TPSA) is 103 Å². The van der Waals surface area contributed by atoms with Crippen LogP contribution >= 0.6 is 0 Å². The molecule has 2 N–H and O–H groups in total. The monoisotopic (exact) mass is 446 g/mol. The fourth-order valence-electron chi connectivity index (χ4n) is 3.96. The van der Waals surface area contributed by atoms with Crippen LogP contribution in [0.4, 0.5) is 5.69 Å². The molecule has 0 spiro atoms. The van der Waals surface area contributed by atoms with Crippen molar-refractivity contribution in [2.45, 2.75) is 43.5 Å². The third kappa shape index (κ3) is 4.62. The van der Waals surface area contributed by atoms with E-state index in [4.69, 9.17) is 14.2 Å². The Balaban J connectivity index is 1.57. The minimum absolute atomic E-state index is 0.0499. The Morgan fingerprint density at radius 2 is 1.84 bits per heavy atom. The van der Waals surface area contributed by atoms with Crippen molar-refractivity contribution in [1.29, 1.82) is 0 Å². The van der Waals surface area contributed by atoms with Gasteiger partial charge >= 0.3 is 0 Å². The molecule has 1 heterocycles. The third-order valence-corrected chi connectivity index (χ3v) is 7.27. The van der Waals surface area contributed by atoms with E-state index in [0.717, 1.165) is 25.7 Å². The van der Waals surface area contributed by atoms with Crippen LogP contribution in [-0.4, -0.2) is 34.3 Å². The number of anilines is 1. The summed E-state index contributed by atoms with van der Waals surface area (Å²) in [6, 6.07) is 9.30. The molecule has 166 valence electrons. The Morgan fingerprint density at radius 1 is 1.06 bits per heavy atom. The lowest BCUT2D eigenvalue weighted by Gasteiger charge is -2.29. The van der Waals surface area contributed by atoms with Crippen molar-refractivity contribution in [2.24, 2.45) is 5.92 Å². The molecule has 1 fully saturated rings. The van der Waals surface area contributed by atoms with Gasteiger partial charge in [0.25, 0.3) is 5.91 Å². The highest BCUT2D eigenvalue weighted by Gasteiger charge is 2.29. The Bertz CT molecular complexity index is 1090. The second-order valence-electron chi connectivity index (χ2n) is 7.88. The molecular weight excluding hydrogens is 420 g/mol. The van der Waals surface area contributed by atoms with Gasteiger partial charge in [-0.1, -0.05) is 19.8 Å². The van der Waals surface area contributed by atoms with E-state index in [-0.39, 0.29) is 35.0 Å². The third-order valence-electron chi connectivity index (χ3n) is 5.76. The summed E-state index contributed by atoms with van der Waals surface area (Å²) in [6.45, 7) is 2.19. The van der Waals surface area contributed by atoms with Crippen molar-refractivity contribution in [2.75, 3.05) is 19.2 Å². The van der Waals surface area contributed by atoms with E-state index >= 15 is 0 Å². The smallest absolute Gasteiger partial charge is 0.255 e. The molecule has 1 aliphatic carbocycles. The molecule has 1 aliphatic heterocycles. The lowest BCUT2D eigenvalue weighted by molar-refractivity contribution is 0.102. The fourth-order valence-corrected chi connectivity index (χ4v) is 5.53. The van der Waals surface area contributed by atoms with Crippen molar-refractivity contribution in [3.8, 4) is 17.2 Å². The highest BCUT2D eigenvalue weighted by molar-refractivity contribution is 7.89. The number of carbonyl (C=O) groups is 1. The molecule has 2 atom stereocenters. The Kier molecular flexibility index (Phi) is 6.06. The largest absolute Gasteiger partial charge is 0.495 e. The number of hydrogen-bond donors (Lipinski definition) is 2. The summed E-state index contributed by atoms with van der Waals surface area (Å²) in [5, 5.41) is 2.76. The number of carbonyl (C=O) groups excluding carboxylic acids is 1. The van der Waals surface area contributed by atoms with Crippen molar-refractivity contribution in [1.82, 2.24) is 4.72 Å². The van der Waals surface area contributed by atoms with Gasteiger partial charge in [-0.25, -0.2) is 13.1 Å². The van der Waals surface area contributed by atoms with Gasteiger partial charge in [-0.3, -0.25) is 4.79 Å². The molecular formula is C22H26N2O6S. The molecule has 2 aliphatic rings. The second-order valence-corrected chi connectivity index (χ2v) is 9.56. The van der Waals surface area contributed by atoms with Crippen LogP contribution in [0.2, 0.25) is 0 Å². The average Bonchev–Trinajstić information content (AvgIpc) is 3.22. The van der Waals surface area contributed by atoms with E-state index in [2.05, 4.69) is 17.0 Å². The predicted molar refractivity (Wildman–Crippen MR) is 115 cm³/mol. The molecule has 0 radical (unpaired) electrons. The Morgan fingerprint density at radius 3 is 2.61 bits per heavy atom. The second kappa shape index (κ2) is 8.76. The van der Waals surface area contributed by atoms with Crippen LogP contribution < -0.4 is 24.2 Å². The van der Waals surface area contributed by atoms with Gasteiger partial charge in [-0.05, 0) is 49.1 Å². The quantitative estimate of drug-likeness (QED) is 0.704. The van der Waals surface area contributed by atoms with Gasteiger partial charge in [0.15, 0.2) is 11.5 Å². The van der Waals surface area contributed by atoms with Crippen LogP contribution in [0.1, 0.15) is 43.0 Å². The van der Waals surface area contributed by atoms with Gasteiger partial charge in [0.2, 0.25) is 16.8 Å². The molecule has 0 bridgehead atoms. The number of nitrogens with one attached hydrogen (secondary N) is 2. The Labute approximate surface area is 181 Å². The number of methoxy groups -OCH3 is 1. The summed E-state index contributed by atoms with van der Waals surface area (Å²) in [5.74, 6) is 1.16. The van der Waals surface area contributed by atoms with Gasteiger partial charge in [0, 0.05) is 23.4 Å². The highest BCUT2D eigenvalue weighted by Crippen LogP contribution is 2.34. The molecule has 31 heavy (non-hydrogen) atoms. The molecule has 1 saturated carbocycles. The van der Waals surface area contributed by atoms with Gasteiger partial charge in [0.05, 0.1) is 7.11 Å². The molecule has 0 unspecified atom stereocenters. The predicted octanol–water partition coefficient (Wildman–Crippen LogP) is 3.53. The molecule has 2 aromatic carbocycles. The number of amides is 1. The maximum Gasteiger partial charge on any atom is 0.255 e. The number of benzene rings is 2. The van der Waals surface area contributed by atoms with Crippen molar-refractivity contribution >= 4 is 21.6 Å². The maximum absolute atomic E-state index is 13.1. The van der Waals surface area contributed by atoms with Gasteiger partial charge < -0.3 is 19.5 Å². The first-order valence-electron chi connectivity index (χ1n) is 10.3. The Hall–Kier alpha value is -2.78. The van der Waals surface area contributed by atoms with E-state index < -0.39 is 15.9 Å². The normalized spacial score (nSPS) is 20.3. The molecule has 0 saturated heterocycles. The summed E-state index contributed by atoms with van der Waals surface area (Å²) in [7, 11) is -2.46. The first kappa shape index (κ1) is 21.5. The highest BCUT2D eigenvalue weighted by atomic mass is 32.2. The first-order valence-corrected chi connectivity index (χ1v) is 11.8. The zero-order valence-electron chi connectivity index (χ0n) is 17.5. The molecule has 9 heteroatoms. The van der Waals surface area contributed by atoms with Crippen molar-refractivity contribution in [3.63, 3.8) is 0 Å². The summed E-state index contributed by atoms with van der Waals surface area (Å²) >= 11 is 0. The summed E-state index contributed by atoms with van der Waals surface area (Å²) in [4.78, 5) is 12.7. The van der Waals surface area contributed by atoms with Crippen LogP contribution in [0.25, 0.3) is 0 Å². The molecule has 2 aromatic rings. The van der Waals surface area contributed by atoms with Gasteiger partial charge in [-0.15, -0.1) is 0 Å². The van der Waals surface area contributed by atoms with Crippen LogP contribution in [0.15, 0.2) is 41.3 Å². The minimum atomic E-state index is -3.86. The number of fused-ring (bicyclic) bond motifs is 1. The van der Waals surface area contributed by atoms with E-state index in [1.54, 1.807) is 18.2 Å². The number of rotatable bonds is 6. The van der Waals surface area contributed by atoms with Crippen molar-refractivity contribution in [3.05, 3.63) is 42.0 Å². The van der Waals surface area contributed by atoms with Crippen LogP contribution in [0, 0.1) is 5.92 Å². The van der Waals surface area contributed by atoms with Crippen LogP contribution in [0.3, 0.4) is 0 Å². The minimum Gasteiger partial charge on any atom is -0.495 e. The zero-order chi connectivity index (χ0) is 22.0. The summed E-state index contributed by atoms with van der Waals surface area (Å²) in [6.07, 6.45) is 3.89. The molecule has 4 rings (SSSR count). The van der Waals surface area contributed by atoms with E-state index in [9.17, 15) is 13.2 Å². The SMILES string of the molecule is COc1ccc(C(=O)Nc2ccc3c(c2)OCO3)cc1S(=O)(=O)N[C@@H]1CCCC[C@H]1C. The van der Waals surface area contributed by atoms with Crippen molar-refractivity contribution < 1.29 is 27.4 Å². The van der Waals surface area contributed by atoms with Gasteiger partial charge in [0.1, 0.15) is 10.6 Å². The first-order chi connectivity index (χ1) is 14.9. The fraction of sp³-hybridized carbons (Fsp3) is 0.409. The van der Waals surface area contributed by atoms with Crippen LogP contribution in [-0.2, 0) is 10.0 Å². The van der Waals surface area contributed by atoms with Gasteiger partial charge in [-0.2, -0.15) is 0 Å². The maximum atomic E-state index is 13.1. The average molecular weight is 447 g/mol. The standard InChI is InChI=1S/C22H26N2O6S/c1-14-5-3-4-6-17(14)24-31(26,27)21-11-15(7-9-19(21)28-2)22(25)23-16-8-10-18-20(12-16)30-13-29-18/h7-12,14,17,24H,3-6,13H2,1-2H3,(H,23,25)/t14-,17-/m1/s1. The molecule has 8 nitrogen and oxygen atoms in total. The summed E-state index contributed by atoms with van der Waals surface area (Å²) < 4.78 is 44.9. The molecule has 1 amide bonds. The number of ether oxygens (including phenoxy) is 3. The number of hydrogen-bond acceptors (Lipinski definition) is 6. The van der Waals surface area contributed by atoms with E-state index in [1.165, 1.54) is 25.3 Å². The number of sulfonamides is 1. The van der Waals surface area contributed by atoms with E-state index in [1.807, 2.05) is 0 Å². The van der Waals surface area contributed by atoms with Crippen LogP contribution in [0.5, 0.6) is 17.2 Å². The lowest BCUT2D eigenvalue weighted by Crippen LogP contribution is -2.41.